The van der Waals surface area contributed by atoms with Crippen LogP contribution in [-0.4, -0.2) is 20.5 Å². The van der Waals surface area contributed by atoms with Crippen molar-refractivity contribution in [2.45, 2.75) is 6.17 Å². The van der Waals surface area contributed by atoms with Crippen molar-refractivity contribution >= 4 is 22.3 Å². The maximum Gasteiger partial charge on any atom is 0.138 e. The van der Waals surface area contributed by atoms with E-state index in [1.54, 1.807) is 10.9 Å². The first-order valence-electron chi connectivity index (χ1n) is 13.1. The molecule has 7 nitrogen and oxygen atoms in total. The Bertz CT molecular complexity index is 1860. The van der Waals surface area contributed by atoms with Crippen molar-refractivity contribution in [1.29, 1.82) is 0 Å². The molecule has 0 amide bonds. The Morgan fingerprint density at radius 2 is 1.60 bits per heavy atom. The number of pyridine rings is 1. The number of anilines is 1. The van der Waals surface area contributed by atoms with Gasteiger partial charge in [0.25, 0.3) is 0 Å². The number of ether oxygens (including phenoxy) is 1. The van der Waals surface area contributed by atoms with Crippen LogP contribution in [0.3, 0.4) is 0 Å². The highest BCUT2D eigenvalue weighted by molar-refractivity contribution is 6.15. The van der Waals surface area contributed by atoms with Crippen LogP contribution in [0.25, 0.3) is 22.0 Å². The molecule has 7 rings (SSSR count). The summed E-state index contributed by atoms with van der Waals surface area (Å²) in [5, 5.41) is 12.1. The third-order valence-electron chi connectivity index (χ3n) is 7.12. The summed E-state index contributed by atoms with van der Waals surface area (Å²) in [7, 11) is 1.91. The van der Waals surface area contributed by atoms with E-state index in [2.05, 4.69) is 46.5 Å². The SMILES string of the molecule is Cn1cc(-c2ccc3nccc(Oc4ccc(N5N=C(c6ccccc6)c6ccccc6C5N)cc4)c3c2)cn1. The van der Waals surface area contributed by atoms with Crippen LogP contribution < -0.4 is 15.5 Å². The molecule has 1 aliphatic heterocycles. The fraction of sp³-hybridized carbons (Fsp3) is 0.0606. The van der Waals surface area contributed by atoms with Crippen molar-refractivity contribution < 1.29 is 4.74 Å². The van der Waals surface area contributed by atoms with E-state index in [1.807, 2.05) is 91.2 Å². The van der Waals surface area contributed by atoms with Gasteiger partial charge in [0.1, 0.15) is 17.7 Å². The Hall–Kier alpha value is -5.27. The average molecular weight is 523 g/mol. The van der Waals surface area contributed by atoms with Gasteiger partial charge in [-0.25, -0.2) is 5.01 Å². The molecular weight excluding hydrogens is 496 g/mol. The topological polar surface area (TPSA) is 81.6 Å². The minimum Gasteiger partial charge on any atom is -0.457 e. The van der Waals surface area contributed by atoms with Crippen LogP contribution in [0.2, 0.25) is 0 Å². The Morgan fingerprint density at radius 3 is 2.40 bits per heavy atom. The minimum absolute atomic E-state index is 0.412. The molecule has 1 unspecified atom stereocenters. The van der Waals surface area contributed by atoms with Crippen molar-refractivity contribution in [2.24, 2.45) is 17.9 Å². The molecule has 3 heterocycles. The number of rotatable bonds is 5. The number of hydrogen-bond donors (Lipinski definition) is 1. The van der Waals surface area contributed by atoms with Crippen molar-refractivity contribution in [2.75, 3.05) is 5.01 Å². The summed E-state index contributed by atoms with van der Waals surface area (Å²) < 4.78 is 8.15. The van der Waals surface area contributed by atoms with Crippen LogP contribution in [0.5, 0.6) is 11.5 Å². The summed E-state index contributed by atoms with van der Waals surface area (Å²) in [6.45, 7) is 0. The first-order chi connectivity index (χ1) is 19.6. The number of nitrogens with two attached hydrogens (primary N) is 1. The van der Waals surface area contributed by atoms with Gasteiger partial charge in [0, 0.05) is 47.1 Å². The second-order valence-corrected chi connectivity index (χ2v) is 9.73. The van der Waals surface area contributed by atoms with Gasteiger partial charge in [-0.1, -0.05) is 60.7 Å². The van der Waals surface area contributed by atoms with Gasteiger partial charge in [-0.2, -0.15) is 10.2 Å². The molecule has 0 bridgehead atoms. The summed E-state index contributed by atoms with van der Waals surface area (Å²) in [6.07, 6.45) is 5.20. The second-order valence-electron chi connectivity index (χ2n) is 9.73. The van der Waals surface area contributed by atoms with E-state index in [9.17, 15) is 0 Å². The number of hydrogen-bond acceptors (Lipinski definition) is 6. The Balaban J connectivity index is 1.21. The molecular formula is C33H26N6O. The summed E-state index contributed by atoms with van der Waals surface area (Å²) >= 11 is 0. The van der Waals surface area contributed by atoms with Crippen LogP contribution in [0.15, 0.2) is 127 Å². The largest absolute Gasteiger partial charge is 0.457 e. The maximum absolute atomic E-state index is 6.73. The van der Waals surface area contributed by atoms with Gasteiger partial charge in [0.05, 0.1) is 23.1 Å². The summed E-state index contributed by atoms with van der Waals surface area (Å²) in [4.78, 5) is 4.52. The van der Waals surface area contributed by atoms with Crippen LogP contribution in [0.4, 0.5) is 5.69 Å². The highest BCUT2D eigenvalue weighted by Gasteiger charge is 2.27. The predicted molar refractivity (Wildman–Crippen MR) is 158 cm³/mol. The van der Waals surface area contributed by atoms with Crippen molar-refractivity contribution in [1.82, 2.24) is 14.8 Å². The summed E-state index contributed by atoms with van der Waals surface area (Å²) in [5.74, 6) is 1.44. The highest BCUT2D eigenvalue weighted by Crippen LogP contribution is 2.36. The molecule has 6 aromatic rings. The van der Waals surface area contributed by atoms with E-state index in [0.717, 1.165) is 55.9 Å². The molecule has 40 heavy (non-hydrogen) atoms. The third-order valence-corrected chi connectivity index (χ3v) is 7.12. The number of hydrazone groups is 1. The van der Waals surface area contributed by atoms with Crippen molar-refractivity contribution in [3.05, 3.63) is 138 Å². The molecule has 7 heteroatoms. The Morgan fingerprint density at radius 1 is 0.800 bits per heavy atom. The third kappa shape index (κ3) is 4.28. The van der Waals surface area contributed by atoms with Crippen molar-refractivity contribution in [3.8, 4) is 22.6 Å². The van der Waals surface area contributed by atoms with E-state index in [4.69, 9.17) is 15.6 Å². The van der Waals surface area contributed by atoms with Gasteiger partial charge >= 0.3 is 0 Å². The molecule has 0 aliphatic carbocycles. The first kappa shape index (κ1) is 23.8. The van der Waals surface area contributed by atoms with Crippen LogP contribution in [0, 0.1) is 0 Å². The summed E-state index contributed by atoms with van der Waals surface area (Å²) in [5.41, 5.74) is 14.6. The van der Waals surface area contributed by atoms with Gasteiger partial charge in [-0.3, -0.25) is 9.67 Å². The summed E-state index contributed by atoms with van der Waals surface area (Å²) in [6, 6.07) is 34.3. The van der Waals surface area contributed by atoms with Gasteiger partial charge in [-0.15, -0.1) is 0 Å². The fourth-order valence-corrected chi connectivity index (χ4v) is 5.11. The second kappa shape index (κ2) is 9.80. The number of nitrogens with zero attached hydrogens (tertiary/aromatic N) is 5. The Kier molecular flexibility index (Phi) is 5.83. The number of aromatic nitrogens is 3. The van der Waals surface area contributed by atoms with Crippen LogP contribution >= 0.6 is 0 Å². The van der Waals surface area contributed by atoms with Crippen molar-refractivity contribution in [3.63, 3.8) is 0 Å². The molecule has 0 saturated heterocycles. The first-order valence-corrected chi connectivity index (χ1v) is 13.1. The lowest BCUT2D eigenvalue weighted by Gasteiger charge is -2.33. The van der Waals surface area contributed by atoms with E-state index in [1.165, 1.54) is 0 Å². The Labute approximate surface area is 231 Å². The maximum atomic E-state index is 6.73. The van der Waals surface area contributed by atoms with Gasteiger partial charge in [0.15, 0.2) is 0 Å². The molecule has 2 N–H and O–H groups in total. The molecule has 1 atom stereocenters. The molecule has 4 aromatic carbocycles. The van der Waals surface area contributed by atoms with E-state index in [0.29, 0.717) is 5.75 Å². The molecule has 1 aliphatic rings. The fourth-order valence-electron chi connectivity index (χ4n) is 5.11. The molecule has 194 valence electrons. The molecule has 2 aromatic heterocycles. The lowest BCUT2D eigenvalue weighted by molar-refractivity contribution is 0.488. The monoisotopic (exact) mass is 522 g/mol. The smallest absolute Gasteiger partial charge is 0.138 e. The van der Waals surface area contributed by atoms with E-state index < -0.39 is 6.17 Å². The molecule has 0 fully saturated rings. The standard InChI is InChI=1S/C33H26N6O/c1-38-21-24(20-36-38)23-11-16-30-29(19-23)31(17-18-35-30)40-26-14-12-25(13-15-26)39-33(34)28-10-6-5-9-27(28)32(37-39)22-7-3-2-4-8-22/h2-21,33H,34H2,1H3. The van der Waals surface area contributed by atoms with Gasteiger partial charge < -0.3 is 10.5 Å². The predicted octanol–water partition coefficient (Wildman–Crippen LogP) is 6.66. The average Bonchev–Trinajstić information content (AvgIpc) is 3.45. The zero-order valence-corrected chi connectivity index (χ0v) is 21.8. The normalized spacial score (nSPS) is 14.6. The number of benzene rings is 4. The van der Waals surface area contributed by atoms with E-state index >= 15 is 0 Å². The van der Waals surface area contributed by atoms with Crippen LogP contribution in [-0.2, 0) is 7.05 Å². The van der Waals surface area contributed by atoms with Crippen LogP contribution in [0.1, 0.15) is 22.9 Å². The molecule has 0 saturated carbocycles. The highest BCUT2D eigenvalue weighted by atomic mass is 16.5. The van der Waals surface area contributed by atoms with E-state index in [-0.39, 0.29) is 0 Å². The molecule has 0 spiro atoms. The van der Waals surface area contributed by atoms with Gasteiger partial charge in [-0.05, 0) is 48.0 Å². The quantitative estimate of drug-likeness (QED) is 0.274. The zero-order chi connectivity index (χ0) is 27.1. The lowest BCUT2D eigenvalue weighted by atomic mass is 9.94. The number of aryl methyl sites for hydroxylation is 1. The van der Waals surface area contributed by atoms with Gasteiger partial charge in [0.2, 0.25) is 0 Å². The lowest BCUT2D eigenvalue weighted by Crippen LogP contribution is -2.36. The zero-order valence-electron chi connectivity index (χ0n) is 21.8. The number of fused-ring (bicyclic) bond motifs is 2. The minimum atomic E-state index is -0.412. The molecule has 0 radical (unpaired) electrons.